The van der Waals surface area contributed by atoms with Gasteiger partial charge in [-0.15, -0.1) is 0 Å². The van der Waals surface area contributed by atoms with Crippen LogP contribution in [-0.2, 0) is 0 Å². The Balaban J connectivity index is 2.14. The molecular formula is C16H13N. The first-order valence-electron chi connectivity index (χ1n) is 5.75. The van der Waals surface area contributed by atoms with Crippen molar-refractivity contribution in [2.24, 2.45) is 0 Å². The van der Waals surface area contributed by atoms with Crippen LogP contribution in [0, 0.1) is 6.92 Å². The molecule has 82 valence electrons. The number of hydrogen-bond donors (Lipinski definition) is 0. The fraction of sp³-hybridized carbons (Fsp3) is 0.0625. The molecule has 0 saturated carbocycles. The van der Waals surface area contributed by atoms with Gasteiger partial charge in [-0.25, -0.2) is 0 Å². The van der Waals surface area contributed by atoms with E-state index in [1.54, 1.807) is 0 Å². The highest BCUT2D eigenvalue weighted by atomic mass is 14.7. The normalized spacial score (nSPS) is 10.6. The van der Waals surface area contributed by atoms with E-state index in [9.17, 15) is 0 Å². The maximum absolute atomic E-state index is 4.34. The lowest BCUT2D eigenvalue weighted by Gasteiger charge is -2.04. The van der Waals surface area contributed by atoms with Gasteiger partial charge >= 0.3 is 0 Å². The van der Waals surface area contributed by atoms with Gasteiger partial charge in [0.2, 0.25) is 0 Å². The van der Waals surface area contributed by atoms with E-state index in [2.05, 4.69) is 53.5 Å². The van der Waals surface area contributed by atoms with Gasteiger partial charge in [0.15, 0.2) is 0 Å². The molecule has 0 saturated heterocycles. The average Bonchev–Trinajstić information content (AvgIpc) is 2.39. The van der Waals surface area contributed by atoms with Gasteiger partial charge in [0.05, 0.1) is 0 Å². The zero-order valence-corrected chi connectivity index (χ0v) is 9.72. The molecule has 0 amide bonds. The number of fused-ring (bicyclic) bond motifs is 1. The van der Waals surface area contributed by atoms with Crippen LogP contribution in [0.25, 0.3) is 21.9 Å². The van der Waals surface area contributed by atoms with Gasteiger partial charge < -0.3 is 0 Å². The van der Waals surface area contributed by atoms with Crippen LogP contribution < -0.4 is 0 Å². The summed E-state index contributed by atoms with van der Waals surface area (Å²) in [6.07, 6.45) is 1.93. The Kier molecular flexibility index (Phi) is 2.37. The molecule has 0 bridgehead atoms. The predicted octanol–water partition coefficient (Wildman–Crippen LogP) is 4.21. The summed E-state index contributed by atoms with van der Waals surface area (Å²) in [5.41, 5.74) is 3.44. The van der Waals surface area contributed by atoms with Crippen molar-refractivity contribution in [3.05, 3.63) is 66.5 Å². The number of pyridine rings is 1. The molecule has 0 aliphatic heterocycles. The summed E-state index contributed by atoms with van der Waals surface area (Å²) in [4.78, 5) is 4.34. The lowest BCUT2D eigenvalue weighted by atomic mass is 10.0. The van der Waals surface area contributed by atoms with Crippen molar-refractivity contribution < 1.29 is 0 Å². The monoisotopic (exact) mass is 219 g/mol. The third-order valence-electron chi connectivity index (χ3n) is 2.99. The standard InChI is InChI=1S/C16H13N/c1-12-6-7-16(11-17-12)15-9-8-13-4-2-3-5-14(13)10-15/h2-11H,1H3. The van der Waals surface area contributed by atoms with Crippen molar-refractivity contribution in [1.29, 1.82) is 0 Å². The highest BCUT2D eigenvalue weighted by Crippen LogP contribution is 2.23. The van der Waals surface area contributed by atoms with Crippen molar-refractivity contribution in [2.75, 3.05) is 0 Å². The first-order valence-corrected chi connectivity index (χ1v) is 5.75. The van der Waals surface area contributed by atoms with E-state index in [0.717, 1.165) is 5.69 Å². The first-order chi connectivity index (χ1) is 8.33. The Morgan fingerprint density at radius 2 is 1.53 bits per heavy atom. The SMILES string of the molecule is Cc1ccc(-c2ccc3ccccc3c2)cn1. The largest absolute Gasteiger partial charge is 0.261 e. The molecule has 0 N–H and O–H groups in total. The van der Waals surface area contributed by atoms with E-state index < -0.39 is 0 Å². The van der Waals surface area contributed by atoms with Crippen LogP contribution in [0.4, 0.5) is 0 Å². The van der Waals surface area contributed by atoms with Crippen molar-refractivity contribution in [3.63, 3.8) is 0 Å². The van der Waals surface area contributed by atoms with Gasteiger partial charge in [0, 0.05) is 17.5 Å². The molecule has 0 radical (unpaired) electrons. The molecule has 3 aromatic rings. The molecule has 0 atom stereocenters. The zero-order chi connectivity index (χ0) is 11.7. The molecule has 1 aromatic heterocycles. The van der Waals surface area contributed by atoms with Crippen LogP contribution in [0.3, 0.4) is 0 Å². The van der Waals surface area contributed by atoms with Gasteiger partial charge in [-0.3, -0.25) is 4.98 Å². The van der Waals surface area contributed by atoms with Crippen molar-refractivity contribution in [1.82, 2.24) is 4.98 Å². The smallest absolute Gasteiger partial charge is 0.0373 e. The molecular weight excluding hydrogens is 206 g/mol. The number of aromatic nitrogens is 1. The van der Waals surface area contributed by atoms with Gasteiger partial charge in [-0.1, -0.05) is 42.5 Å². The molecule has 0 aliphatic rings. The van der Waals surface area contributed by atoms with Crippen LogP contribution in [0.1, 0.15) is 5.69 Å². The summed E-state index contributed by atoms with van der Waals surface area (Å²) in [5, 5.41) is 2.54. The second kappa shape index (κ2) is 4.02. The summed E-state index contributed by atoms with van der Waals surface area (Å²) in [6.45, 7) is 2.00. The number of benzene rings is 2. The number of hydrogen-bond acceptors (Lipinski definition) is 1. The van der Waals surface area contributed by atoms with Gasteiger partial charge in [-0.05, 0) is 35.4 Å². The molecule has 0 aliphatic carbocycles. The van der Waals surface area contributed by atoms with Crippen LogP contribution in [0.5, 0.6) is 0 Å². The summed E-state index contributed by atoms with van der Waals surface area (Å²) in [5.74, 6) is 0. The number of rotatable bonds is 1. The van der Waals surface area contributed by atoms with E-state index >= 15 is 0 Å². The van der Waals surface area contributed by atoms with Gasteiger partial charge in [-0.2, -0.15) is 0 Å². The Morgan fingerprint density at radius 3 is 2.29 bits per heavy atom. The van der Waals surface area contributed by atoms with Crippen molar-refractivity contribution >= 4 is 10.8 Å². The molecule has 3 rings (SSSR count). The summed E-state index contributed by atoms with van der Waals surface area (Å²) in [6, 6.07) is 19.1. The number of nitrogens with zero attached hydrogens (tertiary/aromatic N) is 1. The minimum absolute atomic E-state index is 1.05. The minimum atomic E-state index is 1.05. The molecule has 0 spiro atoms. The summed E-state index contributed by atoms with van der Waals surface area (Å²) >= 11 is 0. The van der Waals surface area contributed by atoms with Crippen molar-refractivity contribution in [2.45, 2.75) is 6.92 Å². The maximum atomic E-state index is 4.34. The maximum Gasteiger partial charge on any atom is 0.0373 e. The summed E-state index contributed by atoms with van der Waals surface area (Å²) in [7, 11) is 0. The second-order valence-electron chi connectivity index (χ2n) is 4.25. The summed E-state index contributed by atoms with van der Waals surface area (Å²) < 4.78 is 0. The average molecular weight is 219 g/mol. The zero-order valence-electron chi connectivity index (χ0n) is 9.72. The Morgan fingerprint density at radius 1 is 0.765 bits per heavy atom. The Bertz CT molecular complexity index is 654. The van der Waals surface area contributed by atoms with E-state index in [0.29, 0.717) is 0 Å². The topological polar surface area (TPSA) is 12.9 Å². The van der Waals surface area contributed by atoms with E-state index in [1.165, 1.54) is 21.9 Å². The Hall–Kier alpha value is -2.15. The fourth-order valence-electron chi connectivity index (χ4n) is 2.01. The molecule has 17 heavy (non-hydrogen) atoms. The van der Waals surface area contributed by atoms with Crippen molar-refractivity contribution in [3.8, 4) is 11.1 Å². The third-order valence-corrected chi connectivity index (χ3v) is 2.99. The van der Waals surface area contributed by atoms with Gasteiger partial charge in [0.25, 0.3) is 0 Å². The number of aryl methyl sites for hydroxylation is 1. The predicted molar refractivity (Wildman–Crippen MR) is 71.9 cm³/mol. The minimum Gasteiger partial charge on any atom is -0.261 e. The highest BCUT2D eigenvalue weighted by Gasteiger charge is 1.99. The van der Waals surface area contributed by atoms with Gasteiger partial charge in [0.1, 0.15) is 0 Å². The highest BCUT2D eigenvalue weighted by molar-refractivity contribution is 5.87. The Labute approximate surface area is 101 Å². The van der Waals surface area contributed by atoms with Crippen LogP contribution in [0.2, 0.25) is 0 Å². The lowest BCUT2D eigenvalue weighted by Crippen LogP contribution is -1.83. The molecule has 0 unspecified atom stereocenters. The molecule has 2 aromatic carbocycles. The first kappa shape index (κ1) is 10.0. The third kappa shape index (κ3) is 1.92. The van der Waals surface area contributed by atoms with Crippen LogP contribution in [-0.4, -0.2) is 4.98 Å². The molecule has 1 heterocycles. The van der Waals surface area contributed by atoms with E-state index in [-0.39, 0.29) is 0 Å². The quantitative estimate of drug-likeness (QED) is 0.597. The van der Waals surface area contributed by atoms with E-state index in [4.69, 9.17) is 0 Å². The molecule has 1 heteroatoms. The van der Waals surface area contributed by atoms with Crippen LogP contribution >= 0.6 is 0 Å². The molecule has 0 fully saturated rings. The fourth-order valence-corrected chi connectivity index (χ4v) is 2.01. The second-order valence-corrected chi connectivity index (χ2v) is 4.25. The lowest BCUT2D eigenvalue weighted by molar-refractivity contribution is 1.20. The van der Waals surface area contributed by atoms with E-state index in [1.807, 2.05) is 19.2 Å². The molecule has 1 nitrogen and oxygen atoms in total. The van der Waals surface area contributed by atoms with Crippen LogP contribution in [0.15, 0.2) is 60.8 Å².